The van der Waals surface area contributed by atoms with Crippen LogP contribution in [0.2, 0.25) is 0 Å². The first-order valence-corrected chi connectivity index (χ1v) is 8.42. The van der Waals surface area contributed by atoms with Crippen molar-refractivity contribution >= 4 is 11.8 Å². The van der Waals surface area contributed by atoms with E-state index in [9.17, 15) is 18.4 Å². The number of methoxy groups -OCH3 is 1. The van der Waals surface area contributed by atoms with E-state index >= 15 is 0 Å². The van der Waals surface area contributed by atoms with Gasteiger partial charge in [0.25, 0.3) is 0 Å². The average Bonchev–Trinajstić information content (AvgIpc) is 2.68. The number of hydrogen-bond acceptors (Lipinski definition) is 5. The van der Waals surface area contributed by atoms with E-state index in [1.54, 1.807) is 6.07 Å². The zero-order chi connectivity index (χ0) is 19.8. The van der Waals surface area contributed by atoms with E-state index in [2.05, 4.69) is 0 Å². The molecule has 2 aromatic carbocycles. The molecule has 0 bridgehead atoms. The van der Waals surface area contributed by atoms with Gasteiger partial charge in [-0.3, -0.25) is 4.79 Å². The number of carbonyl (C=O) groups is 2. The molecule has 5 nitrogen and oxygen atoms in total. The highest BCUT2D eigenvalue weighted by atomic mass is 19.2. The minimum atomic E-state index is -1.14. The summed E-state index contributed by atoms with van der Waals surface area (Å²) >= 11 is 0. The lowest BCUT2D eigenvalue weighted by molar-refractivity contribution is 0.0474. The summed E-state index contributed by atoms with van der Waals surface area (Å²) in [5.41, 5.74) is 0.0896. The Morgan fingerprint density at radius 2 is 1.70 bits per heavy atom. The van der Waals surface area contributed by atoms with Crippen LogP contribution < -0.4 is 9.47 Å². The van der Waals surface area contributed by atoms with Gasteiger partial charge in [-0.2, -0.15) is 0 Å². The van der Waals surface area contributed by atoms with Gasteiger partial charge in [0.15, 0.2) is 35.5 Å². The van der Waals surface area contributed by atoms with Gasteiger partial charge in [0.2, 0.25) is 0 Å². The van der Waals surface area contributed by atoms with Gasteiger partial charge in [-0.05, 0) is 42.8 Å². The maximum Gasteiger partial charge on any atom is 0.338 e. The Hall–Kier alpha value is -2.96. The molecule has 2 aromatic rings. The van der Waals surface area contributed by atoms with Crippen molar-refractivity contribution < 1.29 is 32.6 Å². The third-order valence-electron chi connectivity index (χ3n) is 3.73. The average molecular weight is 378 g/mol. The zero-order valence-corrected chi connectivity index (χ0v) is 15.1. The lowest BCUT2D eigenvalue weighted by Crippen LogP contribution is -2.14. The smallest absolute Gasteiger partial charge is 0.338 e. The van der Waals surface area contributed by atoms with E-state index < -0.39 is 30.0 Å². The topological polar surface area (TPSA) is 61.8 Å². The minimum absolute atomic E-state index is 0.0843. The van der Waals surface area contributed by atoms with Gasteiger partial charge >= 0.3 is 5.97 Å². The van der Waals surface area contributed by atoms with E-state index in [0.717, 1.165) is 31.0 Å². The number of hydrogen-bond donors (Lipinski definition) is 0. The molecule has 2 rings (SSSR count). The van der Waals surface area contributed by atoms with Gasteiger partial charge in [-0.15, -0.1) is 0 Å². The van der Waals surface area contributed by atoms with Crippen LogP contribution in [0.4, 0.5) is 8.78 Å². The zero-order valence-electron chi connectivity index (χ0n) is 15.1. The van der Waals surface area contributed by atoms with Crippen LogP contribution in [0.1, 0.15) is 40.5 Å². The Morgan fingerprint density at radius 1 is 0.963 bits per heavy atom. The molecule has 144 valence electrons. The summed E-state index contributed by atoms with van der Waals surface area (Å²) in [6.45, 7) is 1.97. The molecule has 0 fully saturated rings. The molecule has 0 saturated heterocycles. The van der Waals surface area contributed by atoms with E-state index in [-0.39, 0.29) is 11.1 Å². The van der Waals surface area contributed by atoms with Gasteiger partial charge in [-0.1, -0.05) is 13.3 Å². The van der Waals surface area contributed by atoms with Crippen LogP contribution >= 0.6 is 0 Å². The molecule has 0 aliphatic carbocycles. The summed E-state index contributed by atoms with van der Waals surface area (Å²) in [5, 5.41) is 0. The second-order valence-electron chi connectivity index (χ2n) is 5.70. The second-order valence-corrected chi connectivity index (χ2v) is 5.70. The lowest BCUT2D eigenvalue weighted by Gasteiger charge is -2.12. The van der Waals surface area contributed by atoms with Crippen molar-refractivity contribution in [2.24, 2.45) is 0 Å². The molecule has 0 spiro atoms. The molecule has 0 unspecified atom stereocenters. The van der Waals surface area contributed by atoms with E-state index in [1.807, 2.05) is 6.92 Å². The number of ether oxygens (including phenoxy) is 3. The van der Waals surface area contributed by atoms with Crippen molar-refractivity contribution in [3.05, 3.63) is 59.2 Å². The Labute approximate surface area is 155 Å². The second kappa shape index (κ2) is 9.66. The molecule has 0 aliphatic heterocycles. The summed E-state index contributed by atoms with van der Waals surface area (Å²) in [6.07, 6.45) is 1.87. The van der Waals surface area contributed by atoms with Crippen LogP contribution in [-0.2, 0) is 4.74 Å². The number of ketones is 1. The fourth-order valence-electron chi connectivity index (χ4n) is 2.21. The monoisotopic (exact) mass is 378 g/mol. The van der Waals surface area contributed by atoms with Gasteiger partial charge in [0.1, 0.15) is 0 Å². The summed E-state index contributed by atoms with van der Waals surface area (Å²) in [7, 11) is 1.45. The summed E-state index contributed by atoms with van der Waals surface area (Å²) in [6, 6.07) is 7.26. The Bertz CT molecular complexity index is 820. The third-order valence-corrected chi connectivity index (χ3v) is 3.73. The largest absolute Gasteiger partial charge is 0.493 e. The number of rotatable bonds is 9. The Morgan fingerprint density at radius 3 is 2.37 bits per heavy atom. The molecular formula is C20H20F2O5. The first-order chi connectivity index (χ1) is 13.0. The first kappa shape index (κ1) is 20.4. The van der Waals surface area contributed by atoms with Crippen LogP contribution in [0, 0.1) is 11.6 Å². The third kappa shape index (κ3) is 5.51. The molecule has 0 saturated carbocycles. The predicted molar refractivity (Wildman–Crippen MR) is 94.4 cm³/mol. The Balaban J connectivity index is 2.00. The van der Waals surface area contributed by atoms with Crippen molar-refractivity contribution in [1.82, 2.24) is 0 Å². The molecule has 7 heteroatoms. The van der Waals surface area contributed by atoms with Crippen LogP contribution in [0.3, 0.4) is 0 Å². The molecule has 0 aliphatic rings. The number of benzene rings is 2. The normalized spacial score (nSPS) is 10.4. The number of carbonyl (C=O) groups excluding carboxylic acids is 2. The van der Waals surface area contributed by atoms with Gasteiger partial charge in [0, 0.05) is 5.56 Å². The van der Waals surface area contributed by atoms with Crippen LogP contribution in [0.25, 0.3) is 0 Å². The molecule has 0 amide bonds. The molecule has 0 radical (unpaired) electrons. The van der Waals surface area contributed by atoms with Crippen molar-refractivity contribution in [1.29, 1.82) is 0 Å². The van der Waals surface area contributed by atoms with Crippen LogP contribution in [-0.4, -0.2) is 32.1 Å². The number of unbranched alkanes of at least 4 members (excludes halogenated alkanes) is 1. The van der Waals surface area contributed by atoms with E-state index in [0.29, 0.717) is 18.1 Å². The maximum atomic E-state index is 13.2. The highest BCUT2D eigenvalue weighted by Crippen LogP contribution is 2.28. The van der Waals surface area contributed by atoms with E-state index in [4.69, 9.17) is 14.2 Å². The summed E-state index contributed by atoms with van der Waals surface area (Å²) < 4.78 is 41.8. The van der Waals surface area contributed by atoms with Crippen molar-refractivity contribution in [2.75, 3.05) is 20.3 Å². The fourth-order valence-corrected chi connectivity index (χ4v) is 2.21. The number of halogens is 2. The van der Waals surface area contributed by atoms with Crippen molar-refractivity contribution in [3.8, 4) is 11.5 Å². The highest BCUT2D eigenvalue weighted by molar-refractivity contribution is 5.99. The highest BCUT2D eigenvalue weighted by Gasteiger charge is 2.16. The summed E-state index contributed by atoms with van der Waals surface area (Å²) in [4.78, 5) is 24.1. The van der Waals surface area contributed by atoms with Gasteiger partial charge in [0.05, 0.1) is 19.3 Å². The standard InChI is InChI=1S/C20H20F2O5/c1-3-4-9-26-18-8-6-14(11-19(18)25-2)20(24)27-12-17(23)13-5-7-15(21)16(22)10-13/h5-8,10-11H,3-4,9,12H2,1-2H3. The first-order valence-electron chi connectivity index (χ1n) is 8.42. The fraction of sp³-hybridized carbons (Fsp3) is 0.300. The molecule has 27 heavy (non-hydrogen) atoms. The summed E-state index contributed by atoms with van der Waals surface area (Å²) in [5.74, 6) is -2.72. The SMILES string of the molecule is CCCCOc1ccc(C(=O)OCC(=O)c2ccc(F)c(F)c2)cc1OC. The minimum Gasteiger partial charge on any atom is -0.493 e. The van der Waals surface area contributed by atoms with Gasteiger partial charge in [-0.25, -0.2) is 13.6 Å². The quantitative estimate of drug-likeness (QED) is 0.372. The molecule has 0 aromatic heterocycles. The maximum absolute atomic E-state index is 13.2. The van der Waals surface area contributed by atoms with Crippen molar-refractivity contribution in [3.63, 3.8) is 0 Å². The number of esters is 1. The number of Topliss-reactive ketones (excluding diaryl/α,β-unsaturated/α-hetero) is 1. The van der Waals surface area contributed by atoms with E-state index in [1.165, 1.54) is 19.2 Å². The van der Waals surface area contributed by atoms with Crippen molar-refractivity contribution in [2.45, 2.75) is 19.8 Å². The van der Waals surface area contributed by atoms with Crippen LogP contribution in [0.5, 0.6) is 11.5 Å². The lowest BCUT2D eigenvalue weighted by atomic mass is 10.1. The van der Waals surface area contributed by atoms with Gasteiger partial charge < -0.3 is 14.2 Å². The Kier molecular flexibility index (Phi) is 7.28. The predicted octanol–water partition coefficient (Wildman–Crippen LogP) is 4.19. The molecular weight excluding hydrogens is 358 g/mol. The molecule has 0 heterocycles. The molecule has 0 atom stereocenters. The van der Waals surface area contributed by atoms with Crippen LogP contribution in [0.15, 0.2) is 36.4 Å². The molecule has 0 N–H and O–H groups in total.